The fourth-order valence-electron chi connectivity index (χ4n) is 5.49. The molecule has 0 bridgehead atoms. The van der Waals surface area contributed by atoms with E-state index in [1.54, 1.807) is 36.4 Å². The molecule has 5 aromatic rings. The molecule has 280 valence electrons. The van der Waals surface area contributed by atoms with E-state index < -0.39 is 41.5 Å². The van der Waals surface area contributed by atoms with E-state index in [2.05, 4.69) is 25.9 Å². The second-order valence-electron chi connectivity index (χ2n) is 12.8. The van der Waals surface area contributed by atoms with Crippen molar-refractivity contribution in [3.8, 4) is 5.75 Å². The average molecular weight is 734 g/mol. The topological polar surface area (TPSA) is 181 Å². The minimum atomic E-state index is -1.71. The normalized spacial score (nSPS) is 13.1. The van der Waals surface area contributed by atoms with E-state index in [9.17, 15) is 24.3 Å². The highest BCUT2D eigenvalue weighted by Crippen LogP contribution is 2.20. The van der Waals surface area contributed by atoms with Gasteiger partial charge in [0.25, 0.3) is 0 Å². The summed E-state index contributed by atoms with van der Waals surface area (Å²) in [5.74, 6) is -2.21. The Morgan fingerprint density at radius 2 is 1.33 bits per heavy atom. The van der Waals surface area contributed by atoms with Gasteiger partial charge in [0.2, 0.25) is 11.8 Å². The van der Waals surface area contributed by atoms with Crippen LogP contribution in [0.1, 0.15) is 34.9 Å². The lowest BCUT2D eigenvalue weighted by atomic mass is 9.90. The van der Waals surface area contributed by atoms with Crippen LogP contribution < -0.4 is 20.7 Å². The van der Waals surface area contributed by atoms with Gasteiger partial charge < -0.3 is 40.3 Å². The summed E-state index contributed by atoms with van der Waals surface area (Å²) in [6, 6.07) is 32.3. The molecule has 4 aromatic carbocycles. The summed E-state index contributed by atoms with van der Waals surface area (Å²) in [7, 11) is 0. The van der Waals surface area contributed by atoms with Crippen molar-refractivity contribution < 1.29 is 38.5 Å². The molecule has 5 N–H and O–H groups in total. The lowest BCUT2D eigenvalue weighted by molar-refractivity contribution is -0.145. The third-order valence-electron chi connectivity index (χ3n) is 8.43. The van der Waals surface area contributed by atoms with E-state index >= 15 is 0 Å². The molecule has 13 heteroatoms. The monoisotopic (exact) mass is 733 g/mol. The molecule has 13 nitrogen and oxygen atoms in total. The fourth-order valence-corrected chi connectivity index (χ4v) is 5.49. The third kappa shape index (κ3) is 12.1. The number of amides is 3. The fraction of sp³-hybridized carbons (Fsp3) is 0.244. The molecule has 0 aliphatic carbocycles. The molecule has 1 heterocycles. The second-order valence-corrected chi connectivity index (χ2v) is 12.8. The van der Waals surface area contributed by atoms with Crippen molar-refractivity contribution in [2.75, 3.05) is 6.61 Å². The summed E-state index contributed by atoms with van der Waals surface area (Å²) in [4.78, 5) is 60.3. The molecular weight excluding hydrogens is 690 g/mol. The van der Waals surface area contributed by atoms with E-state index in [4.69, 9.17) is 14.2 Å². The Bertz CT molecular complexity index is 1930. The van der Waals surface area contributed by atoms with Crippen molar-refractivity contribution >= 4 is 23.9 Å². The summed E-state index contributed by atoms with van der Waals surface area (Å²) < 4.78 is 17.0. The van der Waals surface area contributed by atoms with Gasteiger partial charge in [-0.1, -0.05) is 103 Å². The number of carboxylic acids is 1. The van der Waals surface area contributed by atoms with Crippen LogP contribution in [0.2, 0.25) is 0 Å². The number of imidazole rings is 1. The second kappa shape index (κ2) is 19.4. The number of nitrogens with zero attached hydrogens (tertiary/aromatic N) is 1. The summed E-state index contributed by atoms with van der Waals surface area (Å²) in [5.41, 5.74) is 2.06. The SMILES string of the molecule is CC(Cc1ccc(OCc2ccccc2)cc1)(NC(=O)[C@H](Cc1cnc[nH]1)NC(=O)OCc1ccccc1)C(=O)N[C@@H](COCc1ccccc1)C(=O)O. The van der Waals surface area contributed by atoms with Crippen molar-refractivity contribution in [1.82, 2.24) is 25.9 Å². The Balaban J connectivity index is 1.33. The first-order valence-electron chi connectivity index (χ1n) is 17.3. The van der Waals surface area contributed by atoms with E-state index in [0.717, 1.165) is 16.7 Å². The lowest BCUT2D eigenvalue weighted by Gasteiger charge is -2.33. The molecule has 0 aliphatic heterocycles. The number of rotatable bonds is 19. The molecule has 0 spiro atoms. The summed E-state index contributed by atoms with van der Waals surface area (Å²) in [6.07, 6.45) is 2.04. The minimum absolute atomic E-state index is 0.0114. The zero-order chi connectivity index (χ0) is 38.2. The van der Waals surface area contributed by atoms with Gasteiger partial charge in [0.05, 0.1) is 19.5 Å². The van der Waals surface area contributed by atoms with Gasteiger partial charge in [-0.25, -0.2) is 14.6 Å². The van der Waals surface area contributed by atoms with Crippen molar-refractivity contribution in [1.29, 1.82) is 0 Å². The van der Waals surface area contributed by atoms with Crippen LogP contribution >= 0.6 is 0 Å². The first kappa shape index (κ1) is 38.8. The van der Waals surface area contributed by atoms with Crippen LogP contribution in [0.4, 0.5) is 4.79 Å². The number of aromatic amines is 1. The van der Waals surface area contributed by atoms with Crippen molar-refractivity contribution in [3.63, 3.8) is 0 Å². The molecule has 1 aromatic heterocycles. The Morgan fingerprint density at radius 3 is 1.91 bits per heavy atom. The van der Waals surface area contributed by atoms with Crippen LogP contribution in [0, 0.1) is 0 Å². The summed E-state index contributed by atoms with van der Waals surface area (Å²) in [6.45, 7) is 1.63. The number of hydrogen-bond donors (Lipinski definition) is 5. The maximum Gasteiger partial charge on any atom is 0.408 e. The highest BCUT2D eigenvalue weighted by atomic mass is 16.5. The highest BCUT2D eigenvalue weighted by Gasteiger charge is 2.39. The number of H-pyrrole nitrogens is 1. The van der Waals surface area contributed by atoms with Crippen LogP contribution in [0.15, 0.2) is 128 Å². The van der Waals surface area contributed by atoms with Crippen molar-refractivity contribution in [3.05, 3.63) is 156 Å². The van der Waals surface area contributed by atoms with Crippen LogP contribution in [0.5, 0.6) is 5.75 Å². The molecule has 0 aliphatic rings. The predicted molar refractivity (Wildman–Crippen MR) is 199 cm³/mol. The largest absolute Gasteiger partial charge is 0.489 e. The number of ether oxygens (including phenoxy) is 3. The molecule has 1 unspecified atom stereocenters. The zero-order valence-electron chi connectivity index (χ0n) is 29.8. The maximum absolute atomic E-state index is 14.1. The zero-order valence-corrected chi connectivity index (χ0v) is 29.8. The maximum atomic E-state index is 14.1. The van der Waals surface area contributed by atoms with E-state index in [1.807, 2.05) is 78.9 Å². The molecule has 0 saturated heterocycles. The molecule has 0 saturated carbocycles. The van der Waals surface area contributed by atoms with Crippen LogP contribution in [-0.4, -0.2) is 63.2 Å². The van der Waals surface area contributed by atoms with Crippen LogP contribution in [0.3, 0.4) is 0 Å². The molecule has 3 atom stereocenters. The summed E-state index contributed by atoms with van der Waals surface area (Å²) in [5, 5.41) is 18.0. The Labute approximate surface area is 313 Å². The van der Waals surface area contributed by atoms with Gasteiger partial charge in [-0.2, -0.15) is 0 Å². The number of benzene rings is 4. The Hall–Kier alpha value is -6.47. The van der Waals surface area contributed by atoms with Gasteiger partial charge in [0.1, 0.15) is 30.5 Å². The number of alkyl carbamates (subject to hydrolysis) is 1. The molecule has 0 radical (unpaired) electrons. The van der Waals surface area contributed by atoms with Gasteiger partial charge >= 0.3 is 12.1 Å². The lowest BCUT2D eigenvalue weighted by Crippen LogP contribution is -2.64. The van der Waals surface area contributed by atoms with E-state index in [0.29, 0.717) is 23.6 Å². The van der Waals surface area contributed by atoms with Gasteiger partial charge in [0, 0.05) is 24.7 Å². The number of carboxylic acid groups (broad SMARTS) is 1. The smallest absolute Gasteiger partial charge is 0.408 e. The van der Waals surface area contributed by atoms with E-state index in [1.165, 1.54) is 19.4 Å². The first-order chi connectivity index (χ1) is 26.2. The van der Waals surface area contributed by atoms with Gasteiger partial charge in [0.15, 0.2) is 6.04 Å². The number of carbonyl (C=O) groups is 4. The van der Waals surface area contributed by atoms with E-state index in [-0.39, 0.29) is 32.7 Å². The number of aliphatic carboxylic acids is 1. The standard InChI is InChI=1S/C41H43N5O8/c1-41(22-29-17-19-34(20-18-29)53-25-31-13-7-3-8-14-31,39(50)44-36(38(48)49)27-52-24-30-11-5-2-6-12-30)46-37(47)35(21-33-23-42-28-43-33)45-40(51)54-26-32-15-9-4-10-16-32/h2-20,23,28,35-36H,21-22,24-27H2,1H3,(H,42,43)(H,44,50)(H,45,51)(H,46,47)(H,48,49)/t35-,36-,41?/m0/s1. The molecule has 54 heavy (non-hydrogen) atoms. The van der Waals surface area contributed by atoms with Crippen molar-refractivity contribution in [2.45, 2.75) is 57.2 Å². The molecule has 3 amide bonds. The van der Waals surface area contributed by atoms with Gasteiger partial charge in [-0.05, 0) is 41.3 Å². The number of nitrogens with one attached hydrogen (secondary N) is 4. The molecule has 0 fully saturated rings. The predicted octanol–water partition coefficient (Wildman–Crippen LogP) is 4.73. The quantitative estimate of drug-likeness (QED) is 0.0802. The van der Waals surface area contributed by atoms with Gasteiger partial charge in [-0.15, -0.1) is 0 Å². The van der Waals surface area contributed by atoms with Gasteiger partial charge in [-0.3, -0.25) is 9.59 Å². The Morgan fingerprint density at radius 1 is 0.741 bits per heavy atom. The third-order valence-corrected chi connectivity index (χ3v) is 8.43. The van der Waals surface area contributed by atoms with Crippen molar-refractivity contribution in [2.24, 2.45) is 0 Å². The molecule has 5 rings (SSSR count). The highest BCUT2D eigenvalue weighted by molar-refractivity contribution is 5.95. The number of carbonyl (C=O) groups excluding carboxylic acids is 3. The first-order valence-corrected chi connectivity index (χ1v) is 17.3. The Kier molecular flexibility index (Phi) is 13.9. The summed E-state index contributed by atoms with van der Waals surface area (Å²) >= 11 is 0. The molecular formula is C41H43N5O8. The average Bonchev–Trinajstić information content (AvgIpc) is 3.70. The van der Waals surface area contributed by atoms with Crippen LogP contribution in [-0.2, 0) is 56.5 Å². The number of aromatic nitrogens is 2. The minimum Gasteiger partial charge on any atom is -0.489 e. The number of hydrogen-bond acceptors (Lipinski definition) is 8. The van der Waals surface area contributed by atoms with Crippen LogP contribution in [0.25, 0.3) is 0 Å².